The number of rotatable bonds is 5. The zero-order chi connectivity index (χ0) is 15.5. The summed E-state index contributed by atoms with van der Waals surface area (Å²) in [7, 11) is 0. The van der Waals surface area contributed by atoms with Crippen molar-refractivity contribution >= 4 is 5.91 Å². The van der Waals surface area contributed by atoms with Gasteiger partial charge >= 0.3 is 0 Å². The van der Waals surface area contributed by atoms with Gasteiger partial charge in [0.25, 0.3) is 0 Å². The summed E-state index contributed by atoms with van der Waals surface area (Å²) in [6.45, 7) is 6.02. The van der Waals surface area contributed by atoms with Crippen LogP contribution in [0.3, 0.4) is 0 Å². The summed E-state index contributed by atoms with van der Waals surface area (Å²) in [5, 5.41) is 0. The lowest BCUT2D eigenvalue weighted by atomic mass is 10.1. The molecular weight excluding hydrogens is 279 g/mol. The van der Waals surface area contributed by atoms with Crippen LogP contribution in [0.4, 0.5) is 4.39 Å². The molecule has 1 aliphatic carbocycles. The highest BCUT2D eigenvalue weighted by Crippen LogP contribution is 2.35. The molecule has 0 N–H and O–H groups in total. The van der Waals surface area contributed by atoms with Gasteiger partial charge in [0.05, 0.1) is 0 Å². The van der Waals surface area contributed by atoms with Crippen LogP contribution in [-0.4, -0.2) is 47.9 Å². The molecule has 1 aromatic carbocycles. The summed E-state index contributed by atoms with van der Waals surface area (Å²) in [4.78, 5) is 16.8. The number of carbonyl (C=O) groups excluding carboxylic acids is 1. The number of amides is 1. The summed E-state index contributed by atoms with van der Waals surface area (Å²) < 4.78 is 12.9. The normalized spacial score (nSPS) is 20.9. The molecule has 1 saturated carbocycles. The number of nitrogens with zero attached hydrogens (tertiary/aromatic N) is 2. The maximum atomic E-state index is 12.9. The van der Waals surface area contributed by atoms with Gasteiger partial charge in [-0.15, -0.1) is 0 Å². The van der Waals surface area contributed by atoms with E-state index in [1.165, 1.54) is 25.0 Å². The second-order valence-corrected chi connectivity index (χ2v) is 6.62. The highest BCUT2D eigenvalue weighted by molar-refractivity contribution is 5.76. The molecule has 1 saturated heterocycles. The van der Waals surface area contributed by atoms with Crippen molar-refractivity contribution in [2.45, 2.75) is 38.6 Å². The van der Waals surface area contributed by atoms with Gasteiger partial charge in [-0.1, -0.05) is 12.1 Å². The molecule has 1 atom stereocenters. The molecule has 1 amide bonds. The van der Waals surface area contributed by atoms with Gasteiger partial charge in [-0.2, -0.15) is 0 Å². The van der Waals surface area contributed by atoms with Gasteiger partial charge in [-0.05, 0) is 49.8 Å². The summed E-state index contributed by atoms with van der Waals surface area (Å²) in [6.07, 6.45) is 3.96. The van der Waals surface area contributed by atoms with Crippen molar-refractivity contribution < 1.29 is 9.18 Å². The van der Waals surface area contributed by atoms with Crippen LogP contribution < -0.4 is 0 Å². The molecule has 1 aromatic rings. The Balaban J connectivity index is 1.42. The number of carbonyl (C=O) groups is 1. The molecule has 2 aliphatic rings. The predicted octanol–water partition coefficient (Wildman–Crippen LogP) is 2.70. The quantitative estimate of drug-likeness (QED) is 0.835. The topological polar surface area (TPSA) is 23.6 Å². The summed E-state index contributed by atoms with van der Waals surface area (Å²) in [6, 6.07) is 7.11. The molecule has 3 rings (SSSR count). The van der Waals surface area contributed by atoms with Crippen molar-refractivity contribution in [3.63, 3.8) is 0 Å². The van der Waals surface area contributed by atoms with Crippen molar-refractivity contribution in [2.75, 3.05) is 26.2 Å². The number of piperazine rings is 1. The van der Waals surface area contributed by atoms with Crippen LogP contribution >= 0.6 is 0 Å². The minimum atomic E-state index is -0.226. The van der Waals surface area contributed by atoms with Gasteiger partial charge in [0.2, 0.25) is 5.91 Å². The standard InChI is InChI=1S/C18H25FN2O/c1-14(16-5-6-16)20-10-12-21(13-11-20)18(22)9-4-15-2-7-17(19)8-3-15/h2-3,7-8,14,16H,4-6,9-13H2,1H3. The van der Waals surface area contributed by atoms with Crippen LogP contribution in [-0.2, 0) is 11.2 Å². The largest absolute Gasteiger partial charge is 0.340 e. The monoisotopic (exact) mass is 304 g/mol. The minimum Gasteiger partial charge on any atom is -0.340 e. The first kappa shape index (κ1) is 15.5. The van der Waals surface area contributed by atoms with Crippen LogP contribution in [0.15, 0.2) is 24.3 Å². The first-order valence-corrected chi connectivity index (χ1v) is 8.40. The second-order valence-electron chi connectivity index (χ2n) is 6.62. The number of aryl methyl sites for hydroxylation is 1. The van der Waals surface area contributed by atoms with E-state index in [4.69, 9.17) is 0 Å². The fourth-order valence-corrected chi connectivity index (χ4v) is 3.32. The van der Waals surface area contributed by atoms with Crippen LogP contribution in [0.25, 0.3) is 0 Å². The smallest absolute Gasteiger partial charge is 0.222 e. The van der Waals surface area contributed by atoms with E-state index in [2.05, 4.69) is 11.8 Å². The maximum absolute atomic E-state index is 12.9. The van der Waals surface area contributed by atoms with Crippen molar-refractivity contribution in [3.8, 4) is 0 Å². The average Bonchev–Trinajstić information content (AvgIpc) is 3.38. The lowest BCUT2D eigenvalue weighted by Gasteiger charge is -2.38. The molecular formula is C18H25FN2O. The Labute approximate surface area is 132 Å². The van der Waals surface area contributed by atoms with Gasteiger partial charge in [-0.3, -0.25) is 9.69 Å². The highest BCUT2D eigenvalue weighted by atomic mass is 19.1. The van der Waals surface area contributed by atoms with Gasteiger partial charge in [-0.25, -0.2) is 4.39 Å². The van der Waals surface area contributed by atoms with Gasteiger partial charge in [0.15, 0.2) is 0 Å². The molecule has 3 nitrogen and oxygen atoms in total. The van der Waals surface area contributed by atoms with Crippen LogP contribution in [0.1, 0.15) is 31.7 Å². The van der Waals surface area contributed by atoms with E-state index < -0.39 is 0 Å². The molecule has 22 heavy (non-hydrogen) atoms. The van der Waals surface area contributed by atoms with Crippen molar-refractivity contribution in [3.05, 3.63) is 35.6 Å². The third-order valence-corrected chi connectivity index (χ3v) is 5.09. The molecule has 2 fully saturated rings. The Morgan fingerprint density at radius 2 is 1.82 bits per heavy atom. The van der Waals surface area contributed by atoms with Crippen LogP contribution in [0.5, 0.6) is 0 Å². The fourth-order valence-electron chi connectivity index (χ4n) is 3.32. The SMILES string of the molecule is CC(C1CC1)N1CCN(C(=O)CCc2ccc(F)cc2)CC1. The van der Waals surface area contributed by atoms with E-state index in [0.717, 1.165) is 37.7 Å². The van der Waals surface area contributed by atoms with Gasteiger partial charge in [0.1, 0.15) is 5.82 Å². The molecule has 1 aliphatic heterocycles. The third-order valence-electron chi connectivity index (χ3n) is 5.09. The van der Waals surface area contributed by atoms with E-state index in [1.807, 2.05) is 4.90 Å². The zero-order valence-corrected chi connectivity index (χ0v) is 13.3. The first-order chi connectivity index (χ1) is 10.6. The Morgan fingerprint density at radius 3 is 2.41 bits per heavy atom. The lowest BCUT2D eigenvalue weighted by Crippen LogP contribution is -2.51. The molecule has 0 aromatic heterocycles. The van der Waals surface area contributed by atoms with Gasteiger partial charge < -0.3 is 4.90 Å². The van der Waals surface area contributed by atoms with Crippen molar-refractivity contribution in [2.24, 2.45) is 5.92 Å². The fraction of sp³-hybridized carbons (Fsp3) is 0.611. The average molecular weight is 304 g/mol. The summed E-state index contributed by atoms with van der Waals surface area (Å²) >= 11 is 0. The van der Waals surface area contributed by atoms with Crippen molar-refractivity contribution in [1.29, 1.82) is 0 Å². The van der Waals surface area contributed by atoms with Crippen LogP contribution in [0.2, 0.25) is 0 Å². The molecule has 1 unspecified atom stereocenters. The van der Waals surface area contributed by atoms with Gasteiger partial charge in [0, 0.05) is 38.6 Å². The lowest BCUT2D eigenvalue weighted by molar-refractivity contribution is -0.133. The Morgan fingerprint density at radius 1 is 1.18 bits per heavy atom. The van der Waals surface area contributed by atoms with E-state index in [-0.39, 0.29) is 11.7 Å². The number of hydrogen-bond acceptors (Lipinski definition) is 2. The predicted molar refractivity (Wildman–Crippen MR) is 85.1 cm³/mol. The van der Waals surface area contributed by atoms with Crippen LogP contribution in [0, 0.1) is 11.7 Å². The summed E-state index contributed by atoms with van der Waals surface area (Å²) in [5.41, 5.74) is 1.02. The number of benzene rings is 1. The third kappa shape index (κ3) is 3.86. The Bertz CT molecular complexity index is 504. The summed E-state index contributed by atoms with van der Waals surface area (Å²) in [5.74, 6) is 0.889. The molecule has 0 spiro atoms. The first-order valence-electron chi connectivity index (χ1n) is 8.40. The molecule has 4 heteroatoms. The Hall–Kier alpha value is -1.42. The molecule has 120 valence electrons. The van der Waals surface area contributed by atoms with E-state index >= 15 is 0 Å². The van der Waals surface area contributed by atoms with Crippen molar-refractivity contribution in [1.82, 2.24) is 9.80 Å². The number of hydrogen-bond donors (Lipinski definition) is 0. The van der Waals surface area contributed by atoms with E-state index in [0.29, 0.717) is 18.9 Å². The second kappa shape index (κ2) is 6.78. The minimum absolute atomic E-state index is 0.225. The number of halogens is 1. The zero-order valence-electron chi connectivity index (χ0n) is 13.3. The molecule has 1 heterocycles. The molecule has 0 radical (unpaired) electrons. The highest BCUT2D eigenvalue weighted by Gasteiger charge is 2.33. The Kier molecular flexibility index (Phi) is 4.77. The van der Waals surface area contributed by atoms with E-state index in [1.54, 1.807) is 12.1 Å². The maximum Gasteiger partial charge on any atom is 0.222 e. The molecule has 0 bridgehead atoms. The van der Waals surface area contributed by atoms with E-state index in [9.17, 15) is 9.18 Å².